The van der Waals surface area contributed by atoms with Crippen LogP contribution in [0.4, 0.5) is 5.69 Å². The van der Waals surface area contributed by atoms with Crippen LogP contribution in [-0.2, 0) is 10.8 Å². The van der Waals surface area contributed by atoms with Crippen LogP contribution >= 0.6 is 0 Å². The molecule has 0 aliphatic rings. The van der Waals surface area contributed by atoms with E-state index in [0.717, 1.165) is 33.8 Å². The van der Waals surface area contributed by atoms with Crippen LogP contribution < -0.4 is 5.32 Å². The zero-order chi connectivity index (χ0) is 26.1. The van der Waals surface area contributed by atoms with E-state index in [2.05, 4.69) is 102 Å². The Hall–Kier alpha value is -3.59. The summed E-state index contributed by atoms with van der Waals surface area (Å²) in [6.07, 6.45) is 0. The predicted octanol–water partition coefficient (Wildman–Crippen LogP) is 8.89. The largest absolute Gasteiger partial charge is 0.507 e. The first-order valence-corrected chi connectivity index (χ1v) is 12.7. The maximum absolute atomic E-state index is 11.4. The van der Waals surface area contributed by atoms with E-state index in [9.17, 15) is 5.11 Å². The van der Waals surface area contributed by atoms with Crippen molar-refractivity contribution in [3.8, 4) is 28.3 Å². The molecule has 3 nitrogen and oxygen atoms in total. The van der Waals surface area contributed by atoms with Gasteiger partial charge in [-0.2, -0.15) is 0 Å². The average molecular weight is 479 g/mol. The Morgan fingerprint density at radius 2 is 1.31 bits per heavy atom. The number of aromatic hydroxyl groups is 1. The minimum atomic E-state index is -0.193. The van der Waals surface area contributed by atoms with Crippen molar-refractivity contribution < 1.29 is 5.11 Å². The Morgan fingerprint density at radius 3 is 1.94 bits per heavy atom. The van der Waals surface area contributed by atoms with Gasteiger partial charge in [-0.25, -0.2) is 4.98 Å². The molecule has 0 saturated heterocycles. The Kier molecular flexibility index (Phi) is 6.95. The van der Waals surface area contributed by atoms with Gasteiger partial charge in [-0.1, -0.05) is 102 Å². The Bertz CT molecular complexity index is 1340. The van der Waals surface area contributed by atoms with Gasteiger partial charge in [0.1, 0.15) is 5.75 Å². The second-order valence-corrected chi connectivity index (χ2v) is 11.7. The van der Waals surface area contributed by atoms with Crippen molar-refractivity contribution in [2.75, 3.05) is 5.32 Å². The first-order valence-electron chi connectivity index (χ1n) is 12.7. The van der Waals surface area contributed by atoms with Gasteiger partial charge < -0.3 is 10.4 Å². The second kappa shape index (κ2) is 9.81. The lowest BCUT2D eigenvalue weighted by molar-refractivity contribution is 0.446. The van der Waals surface area contributed by atoms with Gasteiger partial charge in [0.25, 0.3) is 0 Å². The highest BCUT2D eigenvalue weighted by atomic mass is 16.3. The number of phenolic OH excluding ortho intramolecular Hbond substituents is 1. The molecular formula is C33H38N2O. The smallest absolute Gasteiger partial charge is 0.128 e. The maximum Gasteiger partial charge on any atom is 0.128 e. The lowest BCUT2D eigenvalue weighted by atomic mass is 9.78. The topological polar surface area (TPSA) is 45.1 Å². The van der Waals surface area contributed by atoms with E-state index < -0.39 is 0 Å². The van der Waals surface area contributed by atoms with Crippen LogP contribution in [0.15, 0.2) is 84.9 Å². The fourth-order valence-electron chi connectivity index (χ4n) is 4.46. The fourth-order valence-corrected chi connectivity index (χ4v) is 4.46. The van der Waals surface area contributed by atoms with Gasteiger partial charge in [0, 0.05) is 28.4 Å². The molecule has 36 heavy (non-hydrogen) atoms. The number of anilines is 1. The second-order valence-electron chi connectivity index (χ2n) is 11.7. The number of hydrogen-bond donors (Lipinski definition) is 2. The van der Waals surface area contributed by atoms with Crippen molar-refractivity contribution in [1.29, 1.82) is 0 Å². The maximum atomic E-state index is 11.4. The van der Waals surface area contributed by atoms with E-state index in [-0.39, 0.29) is 16.9 Å². The molecule has 186 valence electrons. The third-order valence-corrected chi connectivity index (χ3v) is 6.68. The fraction of sp³-hybridized carbons (Fsp3) is 0.303. The normalized spacial score (nSPS) is 12.9. The highest BCUT2D eigenvalue weighted by molar-refractivity contribution is 5.79. The quantitative estimate of drug-likeness (QED) is 0.301. The van der Waals surface area contributed by atoms with Gasteiger partial charge in [-0.15, -0.1) is 0 Å². The summed E-state index contributed by atoms with van der Waals surface area (Å²) >= 11 is 0. The average Bonchev–Trinajstić information content (AvgIpc) is 2.83. The Morgan fingerprint density at radius 1 is 0.694 bits per heavy atom. The van der Waals surface area contributed by atoms with Gasteiger partial charge >= 0.3 is 0 Å². The molecule has 1 unspecified atom stereocenters. The monoisotopic (exact) mass is 478 g/mol. The van der Waals surface area contributed by atoms with Gasteiger partial charge in [0.2, 0.25) is 0 Å². The third-order valence-electron chi connectivity index (χ3n) is 6.68. The van der Waals surface area contributed by atoms with Crippen LogP contribution in [-0.4, -0.2) is 10.1 Å². The number of aromatic nitrogens is 1. The molecule has 0 spiro atoms. The molecule has 0 saturated carbocycles. The van der Waals surface area contributed by atoms with Crippen LogP contribution in [0.1, 0.15) is 71.2 Å². The molecule has 0 bridgehead atoms. The molecule has 0 fully saturated rings. The third kappa shape index (κ3) is 5.46. The lowest BCUT2D eigenvalue weighted by Gasteiger charge is -2.27. The predicted molar refractivity (Wildman–Crippen MR) is 153 cm³/mol. The van der Waals surface area contributed by atoms with Gasteiger partial charge in [0.05, 0.1) is 11.4 Å². The number of para-hydroxylation sites is 1. The summed E-state index contributed by atoms with van der Waals surface area (Å²) in [4.78, 5) is 5.06. The van der Waals surface area contributed by atoms with E-state index >= 15 is 0 Å². The van der Waals surface area contributed by atoms with Crippen molar-refractivity contribution >= 4 is 5.69 Å². The molecule has 0 radical (unpaired) electrons. The SMILES string of the molecule is CC(Nc1ccccc1-c1cccc(-c2cc(C(C)(C)C)cc(C(C)(C)C)c2O)n1)c1ccccc1. The summed E-state index contributed by atoms with van der Waals surface area (Å²) in [7, 11) is 0. The zero-order valence-electron chi connectivity index (χ0n) is 22.6. The minimum Gasteiger partial charge on any atom is -0.507 e. The van der Waals surface area contributed by atoms with Crippen LogP contribution in [0.2, 0.25) is 0 Å². The summed E-state index contributed by atoms with van der Waals surface area (Å²) in [5, 5.41) is 15.0. The first kappa shape index (κ1) is 25.5. The summed E-state index contributed by atoms with van der Waals surface area (Å²) in [5.74, 6) is 0.309. The summed E-state index contributed by atoms with van der Waals surface area (Å²) in [6.45, 7) is 15.2. The van der Waals surface area contributed by atoms with Gasteiger partial charge in [0.15, 0.2) is 0 Å². The van der Waals surface area contributed by atoms with Crippen molar-refractivity contribution in [1.82, 2.24) is 4.98 Å². The van der Waals surface area contributed by atoms with Gasteiger partial charge in [-0.3, -0.25) is 0 Å². The summed E-state index contributed by atoms with van der Waals surface area (Å²) in [6, 6.07) is 29.1. The van der Waals surface area contributed by atoms with Crippen molar-refractivity contribution in [2.45, 2.75) is 65.3 Å². The minimum absolute atomic E-state index is 0.0514. The molecule has 0 aliphatic carbocycles. The zero-order valence-corrected chi connectivity index (χ0v) is 22.6. The number of hydrogen-bond acceptors (Lipinski definition) is 3. The molecule has 1 aromatic heterocycles. The Labute approximate surface area is 216 Å². The molecule has 2 N–H and O–H groups in total. The Balaban J connectivity index is 1.79. The number of nitrogens with one attached hydrogen (secondary N) is 1. The number of pyridine rings is 1. The van der Waals surface area contributed by atoms with Crippen LogP contribution in [0, 0.1) is 0 Å². The summed E-state index contributed by atoms with van der Waals surface area (Å²) in [5.41, 5.74) is 7.59. The highest BCUT2D eigenvalue weighted by Gasteiger charge is 2.26. The number of nitrogens with zero attached hydrogens (tertiary/aromatic N) is 1. The van der Waals surface area contributed by atoms with Crippen LogP contribution in [0.25, 0.3) is 22.5 Å². The van der Waals surface area contributed by atoms with Gasteiger partial charge in [-0.05, 0) is 53.1 Å². The molecular weight excluding hydrogens is 440 g/mol. The number of benzene rings is 3. The molecule has 3 aromatic carbocycles. The number of rotatable bonds is 5. The standard InChI is InChI=1S/C33H38N2O/c1-22(23-14-9-8-10-15-23)34-28-17-12-11-16-25(28)29-18-13-19-30(35-29)26-20-24(32(2,3)4)21-27(31(26)36)33(5,6)7/h8-22,34,36H,1-7H3. The number of phenols is 1. The van der Waals surface area contributed by atoms with E-state index in [4.69, 9.17) is 4.98 Å². The van der Waals surface area contributed by atoms with E-state index in [1.54, 1.807) is 0 Å². The van der Waals surface area contributed by atoms with Crippen LogP contribution in [0.3, 0.4) is 0 Å². The molecule has 1 heterocycles. The summed E-state index contributed by atoms with van der Waals surface area (Å²) < 4.78 is 0. The van der Waals surface area contributed by atoms with Crippen molar-refractivity contribution in [3.63, 3.8) is 0 Å². The molecule has 3 heteroatoms. The van der Waals surface area contributed by atoms with Crippen molar-refractivity contribution in [2.24, 2.45) is 0 Å². The molecule has 1 atom stereocenters. The van der Waals surface area contributed by atoms with Crippen molar-refractivity contribution in [3.05, 3.63) is 102 Å². The molecule has 4 aromatic rings. The first-order chi connectivity index (χ1) is 16.9. The van der Waals surface area contributed by atoms with E-state index in [1.165, 1.54) is 11.1 Å². The molecule has 0 amide bonds. The van der Waals surface area contributed by atoms with E-state index in [1.807, 2.05) is 36.4 Å². The molecule has 0 aliphatic heterocycles. The van der Waals surface area contributed by atoms with E-state index in [0.29, 0.717) is 5.75 Å². The van der Waals surface area contributed by atoms with Crippen LogP contribution in [0.5, 0.6) is 5.75 Å². The lowest BCUT2D eigenvalue weighted by Crippen LogP contribution is -2.17. The highest BCUT2D eigenvalue weighted by Crippen LogP contribution is 2.42. The molecule has 4 rings (SSSR count).